The third-order valence-corrected chi connectivity index (χ3v) is 0.805. The van der Waals surface area contributed by atoms with Gasteiger partial charge in [-0.05, 0) is 0 Å². The average molecular weight is 186 g/mol. The molecule has 12 N–H and O–H groups in total. The molecular formula is C4H14N2O6+2. The number of hydrogen-bond donors (Lipinski definition) is 6. The minimum atomic E-state index is -2.27. The van der Waals surface area contributed by atoms with Gasteiger partial charge < -0.3 is 32.7 Å². The Morgan fingerprint density at radius 3 is 1.08 bits per heavy atom. The molecule has 0 bridgehead atoms. The van der Waals surface area contributed by atoms with Crippen LogP contribution < -0.4 is 12.3 Å². The molecular weight excluding hydrogens is 172 g/mol. The number of aliphatic hydroxyl groups is 2. The van der Waals surface area contributed by atoms with E-state index in [1.807, 2.05) is 0 Å². The molecule has 0 spiro atoms. The van der Waals surface area contributed by atoms with Crippen molar-refractivity contribution in [3.63, 3.8) is 0 Å². The molecule has 2 unspecified atom stereocenters. The first-order valence-corrected chi connectivity index (χ1v) is 2.28. The number of quaternary nitrogens is 2. The summed E-state index contributed by atoms with van der Waals surface area (Å²) < 4.78 is 0. The molecule has 0 heterocycles. The molecule has 0 saturated carbocycles. The molecule has 0 amide bonds. The summed E-state index contributed by atoms with van der Waals surface area (Å²) in [6.07, 6.45) is -4.53. The number of carboxylic acids is 2. The predicted octanol–water partition coefficient (Wildman–Crippen LogP) is -1.37. The quantitative estimate of drug-likeness (QED) is 0.315. The van der Waals surface area contributed by atoms with Gasteiger partial charge in [0.2, 0.25) is 0 Å². The standard InChI is InChI=1S/C4H6O6.2H3N/c5-1(3(7)8)2(6)4(9)10;;/h1-2,5-6H,(H,7,8)(H,9,10);2*1H3/p+2. The van der Waals surface area contributed by atoms with E-state index >= 15 is 0 Å². The molecule has 2 atom stereocenters. The highest BCUT2D eigenvalue weighted by Gasteiger charge is 2.29. The van der Waals surface area contributed by atoms with Crippen LogP contribution in [-0.2, 0) is 9.59 Å². The van der Waals surface area contributed by atoms with Crippen LogP contribution in [0.15, 0.2) is 0 Å². The van der Waals surface area contributed by atoms with E-state index in [2.05, 4.69) is 0 Å². The predicted molar refractivity (Wildman–Crippen MR) is 39.3 cm³/mol. The SMILES string of the molecule is O=C(O)C(O)C(O)C(=O)O.[NH4+].[NH4+]. The lowest BCUT2D eigenvalue weighted by Crippen LogP contribution is -2.39. The van der Waals surface area contributed by atoms with Gasteiger partial charge in [0.25, 0.3) is 0 Å². The van der Waals surface area contributed by atoms with Crippen LogP contribution >= 0.6 is 0 Å². The van der Waals surface area contributed by atoms with Gasteiger partial charge in [-0.25, -0.2) is 9.59 Å². The zero-order valence-electron chi connectivity index (χ0n) is 6.76. The molecule has 12 heavy (non-hydrogen) atoms. The minimum Gasteiger partial charge on any atom is -0.479 e. The number of carboxylic acid groups (broad SMARTS) is 2. The van der Waals surface area contributed by atoms with E-state index in [9.17, 15) is 9.59 Å². The van der Waals surface area contributed by atoms with Crippen LogP contribution in [0.5, 0.6) is 0 Å². The molecule has 0 aromatic rings. The van der Waals surface area contributed by atoms with Crippen molar-refractivity contribution >= 4 is 11.9 Å². The minimum absolute atomic E-state index is 0. The topological polar surface area (TPSA) is 188 Å². The Hall–Kier alpha value is -1.22. The molecule has 0 aromatic carbocycles. The van der Waals surface area contributed by atoms with Gasteiger partial charge >= 0.3 is 11.9 Å². The Labute approximate surface area is 67.6 Å². The molecule has 74 valence electrons. The number of rotatable bonds is 3. The summed E-state index contributed by atoms with van der Waals surface area (Å²) in [6.45, 7) is 0. The van der Waals surface area contributed by atoms with Crippen molar-refractivity contribution in [1.29, 1.82) is 0 Å². The molecule has 0 aromatic heterocycles. The summed E-state index contributed by atoms with van der Waals surface area (Å²) in [5, 5.41) is 32.5. The van der Waals surface area contributed by atoms with Crippen LogP contribution in [0, 0.1) is 0 Å². The van der Waals surface area contributed by atoms with Crippen molar-refractivity contribution in [2.45, 2.75) is 12.2 Å². The second kappa shape index (κ2) is 6.49. The van der Waals surface area contributed by atoms with Crippen LogP contribution in [0.4, 0.5) is 0 Å². The fraction of sp³-hybridized carbons (Fsp3) is 0.500. The van der Waals surface area contributed by atoms with Crippen molar-refractivity contribution < 1.29 is 30.0 Å². The molecule has 0 rings (SSSR count). The Morgan fingerprint density at radius 2 is 1.00 bits per heavy atom. The summed E-state index contributed by atoms with van der Waals surface area (Å²) in [5.74, 6) is -3.54. The van der Waals surface area contributed by atoms with E-state index in [0.29, 0.717) is 0 Å². The molecule has 0 aliphatic carbocycles. The van der Waals surface area contributed by atoms with E-state index in [4.69, 9.17) is 20.4 Å². The summed E-state index contributed by atoms with van der Waals surface area (Å²) in [5.41, 5.74) is 0. The van der Waals surface area contributed by atoms with Crippen LogP contribution in [0.1, 0.15) is 0 Å². The van der Waals surface area contributed by atoms with E-state index in [0.717, 1.165) is 0 Å². The van der Waals surface area contributed by atoms with Crippen molar-refractivity contribution in [3.8, 4) is 0 Å². The summed E-state index contributed by atoms with van der Waals surface area (Å²) in [6, 6.07) is 0. The smallest absolute Gasteiger partial charge is 0.335 e. The Balaban J connectivity index is -0.000000405. The molecule has 8 heteroatoms. The monoisotopic (exact) mass is 186 g/mol. The fourth-order valence-corrected chi connectivity index (χ4v) is 0.270. The average Bonchev–Trinajstić information content (AvgIpc) is 1.84. The first-order chi connectivity index (χ1) is 4.46. The van der Waals surface area contributed by atoms with Gasteiger partial charge in [-0.3, -0.25) is 0 Å². The molecule has 0 aliphatic rings. The highest BCUT2D eigenvalue weighted by molar-refractivity contribution is 5.82. The van der Waals surface area contributed by atoms with Crippen molar-refractivity contribution in [2.75, 3.05) is 0 Å². The maximum Gasteiger partial charge on any atom is 0.335 e. The zero-order valence-corrected chi connectivity index (χ0v) is 6.76. The van der Waals surface area contributed by atoms with Gasteiger partial charge in [-0.2, -0.15) is 0 Å². The van der Waals surface area contributed by atoms with E-state index < -0.39 is 24.1 Å². The maximum atomic E-state index is 9.77. The zero-order chi connectivity index (χ0) is 8.31. The van der Waals surface area contributed by atoms with Crippen LogP contribution in [0.3, 0.4) is 0 Å². The number of aliphatic hydroxyl groups excluding tert-OH is 2. The van der Waals surface area contributed by atoms with Gasteiger partial charge in [0.1, 0.15) is 0 Å². The van der Waals surface area contributed by atoms with E-state index in [-0.39, 0.29) is 12.3 Å². The summed E-state index contributed by atoms with van der Waals surface area (Å²) in [7, 11) is 0. The normalized spacial score (nSPS) is 13.2. The molecule has 0 saturated heterocycles. The molecule has 0 radical (unpaired) electrons. The lowest BCUT2D eigenvalue weighted by molar-refractivity contribution is -0.165. The lowest BCUT2D eigenvalue weighted by atomic mass is 10.2. The molecule has 8 nitrogen and oxygen atoms in total. The highest BCUT2D eigenvalue weighted by atomic mass is 16.4. The van der Waals surface area contributed by atoms with Gasteiger partial charge in [0.05, 0.1) is 0 Å². The second-order valence-corrected chi connectivity index (χ2v) is 1.57. The first kappa shape index (κ1) is 17.0. The highest BCUT2D eigenvalue weighted by Crippen LogP contribution is 1.92. The van der Waals surface area contributed by atoms with Gasteiger partial charge in [-0.1, -0.05) is 0 Å². The summed E-state index contributed by atoms with van der Waals surface area (Å²) >= 11 is 0. The van der Waals surface area contributed by atoms with Crippen molar-refractivity contribution in [3.05, 3.63) is 0 Å². The maximum absolute atomic E-state index is 9.77. The van der Waals surface area contributed by atoms with Crippen LogP contribution in [0.25, 0.3) is 0 Å². The molecule has 0 fully saturated rings. The van der Waals surface area contributed by atoms with Gasteiger partial charge in [0.15, 0.2) is 12.2 Å². The Bertz CT molecular complexity index is 142. The van der Waals surface area contributed by atoms with Crippen molar-refractivity contribution in [2.24, 2.45) is 0 Å². The third kappa shape index (κ3) is 4.57. The van der Waals surface area contributed by atoms with E-state index in [1.165, 1.54) is 0 Å². The largest absolute Gasteiger partial charge is 0.479 e. The van der Waals surface area contributed by atoms with Gasteiger partial charge in [0, 0.05) is 0 Å². The second-order valence-electron chi connectivity index (χ2n) is 1.57. The van der Waals surface area contributed by atoms with Gasteiger partial charge in [-0.15, -0.1) is 0 Å². The Kier molecular flexibility index (Phi) is 9.21. The van der Waals surface area contributed by atoms with Crippen LogP contribution in [0.2, 0.25) is 0 Å². The van der Waals surface area contributed by atoms with Crippen molar-refractivity contribution in [1.82, 2.24) is 12.3 Å². The summed E-state index contributed by atoms with van der Waals surface area (Å²) in [4.78, 5) is 19.5. The number of hydrogen-bond acceptors (Lipinski definition) is 4. The van der Waals surface area contributed by atoms with E-state index in [1.54, 1.807) is 0 Å². The Morgan fingerprint density at radius 1 is 0.833 bits per heavy atom. The first-order valence-electron chi connectivity index (χ1n) is 2.28. The fourth-order valence-electron chi connectivity index (χ4n) is 0.270. The van der Waals surface area contributed by atoms with Crippen LogP contribution in [-0.4, -0.2) is 44.6 Å². The third-order valence-electron chi connectivity index (χ3n) is 0.805. The number of aliphatic carboxylic acids is 2. The molecule has 0 aliphatic heterocycles. The lowest BCUT2D eigenvalue weighted by Gasteiger charge is -2.07. The number of carbonyl (C=O) groups is 2.